The number of aromatic nitrogens is 4. The Morgan fingerprint density at radius 1 is 1.38 bits per heavy atom. The number of fused-ring (bicyclic) bond motifs is 1. The number of nitrogens with one attached hydrogen (secondary N) is 2. The Morgan fingerprint density at radius 2 is 2.21 bits per heavy atom. The third-order valence-corrected chi connectivity index (χ3v) is 3.24. The molecule has 0 radical (unpaired) electrons. The maximum atomic E-state index is 11.5. The number of pyridine rings is 1. The van der Waals surface area contributed by atoms with E-state index in [0.717, 1.165) is 0 Å². The van der Waals surface area contributed by atoms with Crippen molar-refractivity contribution in [2.45, 2.75) is 0 Å². The highest BCUT2D eigenvalue weighted by molar-refractivity contribution is 6.29. The summed E-state index contributed by atoms with van der Waals surface area (Å²) in [6, 6.07) is 6.58. The van der Waals surface area contributed by atoms with E-state index >= 15 is 0 Å². The van der Waals surface area contributed by atoms with Crippen LogP contribution in [-0.4, -0.2) is 32.6 Å². The quantitative estimate of drug-likeness (QED) is 0.546. The highest BCUT2D eigenvalue weighted by Crippen LogP contribution is 2.24. The minimum atomic E-state index is -0.337. The maximum absolute atomic E-state index is 11.5. The van der Waals surface area contributed by atoms with Gasteiger partial charge >= 0.3 is 0 Å². The predicted molar refractivity (Wildman–Crippen MR) is 90.9 cm³/mol. The average molecular weight is 345 g/mol. The van der Waals surface area contributed by atoms with Crippen LogP contribution in [0.3, 0.4) is 0 Å². The van der Waals surface area contributed by atoms with Crippen molar-refractivity contribution in [3.05, 3.63) is 48.3 Å². The largest absolute Gasteiger partial charge is 0.481 e. The van der Waals surface area contributed by atoms with Crippen LogP contribution in [0.2, 0.25) is 5.15 Å². The molecule has 3 aromatic heterocycles. The Bertz CT molecular complexity index is 923. The first kappa shape index (κ1) is 15.8. The van der Waals surface area contributed by atoms with Crippen molar-refractivity contribution in [1.82, 2.24) is 19.6 Å². The van der Waals surface area contributed by atoms with E-state index in [1.807, 2.05) is 0 Å². The lowest BCUT2D eigenvalue weighted by Gasteiger charge is -2.11. The number of carbonyl (C=O) groups excluding carboxylic acids is 1. The summed E-state index contributed by atoms with van der Waals surface area (Å²) in [5.74, 6) is 0.997. The van der Waals surface area contributed by atoms with Crippen molar-refractivity contribution in [3.8, 4) is 5.88 Å². The van der Waals surface area contributed by atoms with Crippen LogP contribution in [0.5, 0.6) is 5.88 Å². The molecule has 24 heavy (non-hydrogen) atoms. The number of rotatable bonds is 5. The fourth-order valence-corrected chi connectivity index (χ4v) is 2.23. The molecule has 8 nitrogen and oxygen atoms in total. The molecule has 0 fully saturated rings. The predicted octanol–water partition coefficient (Wildman–Crippen LogP) is 2.65. The third kappa shape index (κ3) is 3.28. The molecule has 3 heterocycles. The van der Waals surface area contributed by atoms with Crippen LogP contribution < -0.4 is 15.4 Å². The van der Waals surface area contributed by atoms with Gasteiger partial charge < -0.3 is 15.4 Å². The number of nitrogens with zero attached hydrogens (tertiary/aromatic N) is 4. The van der Waals surface area contributed by atoms with Crippen LogP contribution in [0.4, 0.5) is 17.3 Å². The van der Waals surface area contributed by atoms with Gasteiger partial charge in [0, 0.05) is 24.3 Å². The lowest BCUT2D eigenvalue weighted by atomic mass is 10.3. The summed E-state index contributed by atoms with van der Waals surface area (Å²) in [6.45, 7) is 3.42. The summed E-state index contributed by atoms with van der Waals surface area (Å²) in [5.41, 5.74) is 1.10. The van der Waals surface area contributed by atoms with Gasteiger partial charge in [0.1, 0.15) is 16.8 Å². The molecule has 3 aromatic rings. The lowest BCUT2D eigenvalue weighted by Crippen LogP contribution is -2.09. The van der Waals surface area contributed by atoms with Gasteiger partial charge in [-0.3, -0.25) is 4.79 Å². The molecular weight excluding hydrogens is 332 g/mol. The molecule has 0 unspecified atom stereocenters. The number of anilines is 3. The summed E-state index contributed by atoms with van der Waals surface area (Å²) in [5, 5.41) is 10.2. The Balaban J connectivity index is 1.99. The van der Waals surface area contributed by atoms with Crippen molar-refractivity contribution in [3.63, 3.8) is 0 Å². The number of carbonyl (C=O) groups is 1. The van der Waals surface area contributed by atoms with Crippen molar-refractivity contribution in [2.24, 2.45) is 0 Å². The van der Waals surface area contributed by atoms with E-state index in [1.54, 1.807) is 35.0 Å². The fourth-order valence-electron chi connectivity index (χ4n) is 2.04. The van der Waals surface area contributed by atoms with Gasteiger partial charge in [-0.05, 0) is 6.08 Å². The van der Waals surface area contributed by atoms with Gasteiger partial charge in [0.05, 0.1) is 19.0 Å². The topological polar surface area (TPSA) is 93.4 Å². The third-order valence-electron chi connectivity index (χ3n) is 3.05. The first-order valence-electron chi connectivity index (χ1n) is 6.86. The molecule has 9 heteroatoms. The highest BCUT2D eigenvalue weighted by atomic mass is 35.5. The second kappa shape index (κ2) is 6.55. The normalized spacial score (nSPS) is 10.4. The zero-order valence-corrected chi connectivity index (χ0v) is 13.4. The van der Waals surface area contributed by atoms with Crippen molar-refractivity contribution in [2.75, 3.05) is 17.7 Å². The standard InChI is InChI=1S/C15H13ClN6O2/c1-3-14(23)18-9-6-11(21-15(7-9)24-2)20-13-8-10(16)19-12-4-5-17-22(12)13/h3-8H,1H2,2H3,(H2,18,20,21,23). The summed E-state index contributed by atoms with van der Waals surface area (Å²) >= 11 is 6.02. The fraction of sp³-hybridized carbons (Fsp3) is 0.0667. The second-order valence-corrected chi connectivity index (χ2v) is 5.05. The molecule has 0 aliphatic rings. The van der Waals surface area contributed by atoms with Crippen LogP contribution in [-0.2, 0) is 4.79 Å². The molecule has 0 spiro atoms. The van der Waals surface area contributed by atoms with E-state index in [2.05, 4.69) is 32.3 Å². The van der Waals surface area contributed by atoms with Crippen LogP contribution in [0.15, 0.2) is 43.1 Å². The number of halogens is 1. The summed E-state index contributed by atoms with van der Waals surface area (Å²) in [7, 11) is 1.49. The highest BCUT2D eigenvalue weighted by Gasteiger charge is 2.09. The number of ether oxygens (including phenoxy) is 1. The van der Waals surface area contributed by atoms with Gasteiger partial charge in [-0.2, -0.15) is 14.6 Å². The summed E-state index contributed by atoms with van der Waals surface area (Å²) < 4.78 is 6.73. The first-order chi connectivity index (χ1) is 11.6. The number of amides is 1. The van der Waals surface area contributed by atoms with Gasteiger partial charge in [-0.25, -0.2) is 4.98 Å². The van der Waals surface area contributed by atoms with Gasteiger partial charge in [0.2, 0.25) is 11.8 Å². The van der Waals surface area contributed by atoms with E-state index in [4.69, 9.17) is 16.3 Å². The molecule has 0 bridgehead atoms. The van der Waals surface area contributed by atoms with Gasteiger partial charge in [-0.15, -0.1) is 0 Å². The average Bonchev–Trinajstić information content (AvgIpc) is 3.02. The lowest BCUT2D eigenvalue weighted by molar-refractivity contribution is -0.111. The zero-order chi connectivity index (χ0) is 17.1. The first-order valence-corrected chi connectivity index (χ1v) is 7.23. The molecule has 0 aliphatic heterocycles. The number of methoxy groups -OCH3 is 1. The Kier molecular flexibility index (Phi) is 4.30. The minimum absolute atomic E-state index is 0.313. The van der Waals surface area contributed by atoms with Crippen molar-refractivity contribution in [1.29, 1.82) is 0 Å². The van der Waals surface area contributed by atoms with Gasteiger partial charge in [-0.1, -0.05) is 18.2 Å². The second-order valence-electron chi connectivity index (χ2n) is 4.67. The minimum Gasteiger partial charge on any atom is -0.481 e. The van der Waals surface area contributed by atoms with E-state index < -0.39 is 0 Å². The smallest absolute Gasteiger partial charge is 0.247 e. The molecule has 0 aliphatic carbocycles. The monoisotopic (exact) mass is 344 g/mol. The number of hydrogen-bond donors (Lipinski definition) is 2. The van der Waals surface area contributed by atoms with Crippen LogP contribution >= 0.6 is 11.6 Å². The molecule has 2 N–H and O–H groups in total. The van der Waals surface area contributed by atoms with Crippen molar-refractivity contribution < 1.29 is 9.53 Å². The van der Waals surface area contributed by atoms with Gasteiger partial charge in [0.25, 0.3) is 0 Å². The van der Waals surface area contributed by atoms with Gasteiger partial charge in [0.15, 0.2) is 5.65 Å². The molecule has 0 aromatic carbocycles. The van der Waals surface area contributed by atoms with Crippen LogP contribution in [0, 0.1) is 0 Å². The summed E-state index contributed by atoms with van der Waals surface area (Å²) in [6.07, 6.45) is 2.79. The molecule has 0 saturated heterocycles. The van der Waals surface area contributed by atoms with Crippen molar-refractivity contribution >= 4 is 40.5 Å². The SMILES string of the molecule is C=CC(=O)Nc1cc(Nc2cc(Cl)nc3ccnn23)nc(OC)c1. The van der Waals surface area contributed by atoms with E-state index in [-0.39, 0.29) is 5.91 Å². The van der Waals surface area contributed by atoms with Crippen LogP contribution in [0.25, 0.3) is 5.65 Å². The zero-order valence-electron chi connectivity index (χ0n) is 12.7. The van der Waals surface area contributed by atoms with E-state index in [9.17, 15) is 4.79 Å². The Labute approximate surface area is 142 Å². The number of hydrogen-bond acceptors (Lipinski definition) is 6. The Morgan fingerprint density at radius 3 is 2.96 bits per heavy atom. The molecular formula is C15H13ClN6O2. The van der Waals surface area contributed by atoms with Crippen LogP contribution in [0.1, 0.15) is 0 Å². The molecule has 3 rings (SSSR count). The summed E-state index contributed by atoms with van der Waals surface area (Å²) in [4.78, 5) is 19.9. The molecule has 122 valence electrons. The molecule has 1 amide bonds. The Hall–Kier alpha value is -3.13. The molecule has 0 atom stereocenters. The van der Waals surface area contributed by atoms with E-state index in [0.29, 0.717) is 34.0 Å². The maximum Gasteiger partial charge on any atom is 0.247 e. The molecule has 0 saturated carbocycles. The van der Waals surface area contributed by atoms with E-state index in [1.165, 1.54) is 13.2 Å².